The second-order valence-corrected chi connectivity index (χ2v) is 3.74. The number of aromatic nitrogens is 2. The number of hydrogen-bond donors (Lipinski definition) is 0. The van der Waals surface area contributed by atoms with Crippen molar-refractivity contribution in [1.82, 2.24) is 9.78 Å². The summed E-state index contributed by atoms with van der Waals surface area (Å²) in [4.78, 5) is 3.00. The summed E-state index contributed by atoms with van der Waals surface area (Å²) in [6.45, 7) is 6.91. The van der Waals surface area contributed by atoms with E-state index in [1.165, 1.54) is 16.9 Å². The van der Waals surface area contributed by atoms with Crippen molar-refractivity contribution in [1.29, 1.82) is 0 Å². The Kier molecular flexibility index (Phi) is 2.82. The molecule has 0 aliphatic rings. The molecular weight excluding hydrogens is 248 g/mol. The third-order valence-electron chi connectivity index (χ3n) is 2.33. The van der Waals surface area contributed by atoms with Crippen LogP contribution in [0.4, 0.5) is 14.5 Å². The van der Waals surface area contributed by atoms with Crippen LogP contribution in [0.15, 0.2) is 18.3 Å². The van der Waals surface area contributed by atoms with Gasteiger partial charge in [-0.25, -0.2) is 13.6 Å². The first kappa shape index (κ1) is 11.6. The van der Waals surface area contributed by atoms with E-state index in [1.807, 2.05) is 0 Å². The van der Waals surface area contributed by atoms with Crippen molar-refractivity contribution in [2.24, 2.45) is 7.05 Å². The average molecular weight is 254 g/mol. The average Bonchev–Trinajstić information content (AvgIpc) is 2.69. The van der Waals surface area contributed by atoms with Gasteiger partial charge in [0.25, 0.3) is 0 Å². The highest BCUT2D eigenvalue weighted by atomic mass is 35.5. The maximum Gasteiger partial charge on any atom is 0.234 e. The molecule has 1 heterocycles. The Morgan fingerprint density at radius 2 is 2.18 bits per heavy atom. The first-order chi connectivity index (χ1) is 8.06. The first-order valence-corrected chi connectivity index (χ1v) is 4.97. The maximum absolute atomic E-state index is 13.9. The zero-order valence-electron chi connectivity index (χ0n) is 8.71. The van der Waals surface area contributed by atoms with Crippen molar-refractivity contribution in [3.05, 3.63) is 46.4 Å². The summed E-state index contributed by atoms with van der Waals surface area (Å²) in [5.41, 5.74) is -0.254. The molecule has 0 bridgehead atoms. The summed E-state index contributed by atoms with van der Waals surface area (Å²) in [7, 11) is 1.57. The lowest BCUT2D eigenvalue weighted by Crippen LogP contribution is -1.97. The van der Waals surface area contributed by atoms with Gasteiger partial charge in [0.15, 0.2) is 0 Å². The number of benzene rings is 1. The molecule has 2 aromatic rings. The Labute approximate surface area is 101 Å². The van der Waals surface area contributed by atoms with Gasteiger partial charge in [-0.05, 0) is 12.1 Å². The summed E-state index contributed by atoms with van der Waals surface area (Å²) >= 11 is 5.57. The molecule has 0 amide bonds. The SMILES string of the molecule is [C-]#[N+]c1c(F)cc(Cl)c(F)c1-c1ccnn1C. The summed E-state index contributed by atoms with van der Waals surface area (Å²) in [6, 6.07) is 2.28. The second kappa shape index (κ2) is 4.15. The van der Waals surface area contributed by atoms with Crippen molar-refractivity contribution in [2.75, 3.05) is 0 Å². The maximum atomic E-state index is 13.9. The molecule has 0 saturated heterocycles. The van der Waals surface area contributed by atoms with Crippen molar-refractivity contribution < 1.29 is 8.78 Å². The van der Waals surface area contributed by atoms with E-state index in [-0.39, 0.29) is 10.6 Å². The van der Waals surface area contributed by atoms with Gasteiger partial charge in [-0.2, -0.15) is 5.10 Å². The topological polar surface area (TPSA) is 22.2 Å². The highest BCUT2D eigenvalue weighted by Crippen LogP contribution is 2.38. The molecule has 0 N–H and O–H groups in total. The molecule has 0 spiro atoms. The van der Waals surface area contributed by atoms with Crippen molar-refractivity contribution in [3.63, 3.8) is 0 Å². The standard InChI is InChI=1S/C11H6ClF2N3/c1-15-11-7(13)5-6(12)10(14)9(11)8-3-4-16-17(8)2/h3-5H,2H3. The van der Waals surface area contributed by atoms with Crippen LogP contribution >= 0.6 is 11.6 Å². The molecule has 3 nitrogen and oxygen atoms in total. The second-order valence-electron chi connectivity index (χ2n) is 3.33. The Bertz CT molecular complexity index is 628. The van der Waals surface area contributed by atoms with Gasteiger partial charge in [0.1, 0.15) is 11.6 Å². The van der Waals surface area contributed by atoms with E-state index in [9.17, 15) is 8.78 Å². The van der Waals surface area contributed by atoms with Crippen LogP contribution in [0.5, 0.6) is 0 Å². The molecule has 17 heavy (non-hydrogen) atoms. The molecule has 86 valence electrons. The lowest BCUT2D eigenvalue weighted by molar-refractivity contribution is 0.606. The third-order valence-corrected chi connectivity index (χ3v) is 2.61. The van der Waals surface area contributed by atoms with Crippen LogP contribution in [0.2, 0.25) is 5.02 Å². The van der Waals surface area contributed by atoms with Crippen LogP contribution in [0.25, 0.3) is 16.1 Å². The highest BCUT2D eigenvalue weighted by Gasteiger charge is 2.21. The van der Waals surface area contributed by atoms with Gasteiger partial charge < -0.3 is 0 Å². The number of nitrogens with zero attached hydrogens (tertiary/aromatic N) is 3. The van der Waals surface area contributed by atoms with E-state index >= 15 is 0 Å². The van der Waals surface area contributed by atoms with Gasteiger partial charge in [0.2, 0.25) is 5.69 Å². The monoisotopic (exact) mass is 253 g/mol. The van der Waals surface area contributed by atoms with Gasteiger partial charge in [-0.3, -0.25) is 4.68 Å². The van der Waals surface area contributed by atoms with E-state index in [4.69, 9.17) is 18.2 Å². The minimum absolute atomic E-state index is 0.162. The highest BCUT2D eigenvalue weighted by molar-refractivity contribution is 6.31. The van der Waals surface area contributed by atoms with Crippen LogP contribution in [-0.4, -0.2) is 9.78 Å². The van der Waals surface area contributed by atoms with Gasteiger partial charge in [-0.1, -0.05) is 11.6 Å². The van der Waals surface area contributed by atoms with E-state index in [0.29, 0.717) is 5.69 Å². The smallest absolute Gasteiger partial charge is 0.234 e. The normalized spacial score (nSPS) is 10.3. The molecule has 6 heteroatoms. The number of rotatable bonds is 1. The predicted molar refractivity (Wildman–Crippen MR) is 59.8 cm³/mol. The van der Waals surface area contributed by atoms with Crippen LogP contribution < -0.4 is 0 Å². The largest absolute Gasteiger partial charge is 0.269 e. The van der Waals surface area contributed by atoms with Crippen molar-refractivity contribution in [2.45, 2.75) is 0 Å². The Balaban J connectivity index is 2.86. The molecule has 0 fully saturated rings. The number of halogens is 3. The molecule has 2 rings (SSSR count). The third kappa shape index (κ3) is 1.77. The van der Waals surface area contributed by atoms with E-state index in [2.05, 4.69) is 9.94 Å². The first-order valence-electron chi connectivity index (χ1n) is 4.59. The quantitative estimate of drug-likeness (QED) is 0.563. The van der Waals surface area contributed by atoms with Crippen LogP contribution in [0.3, 0.4) is 0 Å². The fourth-order valence-electron chi connectivity index (χ4n) is 1.55. The van der Waals surface area contributed by atoms with Crippen molar-refractivity contribution in [3.8, 4) is 11.3 Å². The lowest BCUT2D eigenvalue weighted by Gasteiger charge is -2.08. The minimum atomic E-state index is -0.845. The van der Waals surface area contributed by atoms with E-state index < -0.39 is 17.3 Å². The molecule has 1 aromatic heterocycles. The summed E-state index contributed by atoms with van der Waals surface area (Å²) < 4.78 is 28.8. The van der Waals surface area contributed by atoms with Gasteiger partial charge in [0.05, 0.1) is 17.3 Å². The fourth-order valence-corrected chi connectivity index (χ4v) is 1.74. The molecule has 0 unspecified atom stereocenters. The molecule has 1 aromatic carbocycles. The molecule has 0 saturated carbocycles. The summed E-state index contributed by atoms with van der Waals surface area (Å²) in [5.74, 6) is -1.66. The molecule has 0 atom stereocenters. The molecular formula is C11H6ClF2N3. The van der Waals surface area contributed by atoms with E-state index in [1.54, 1.807) is 7.05 Å². The van der Waals surface area contributed by atoms with E-state index in [0.717, 1.165) is 6.07 Å². The zero-order chi connectivity index (χ0) is 12.6. The molecule has 0 aliphatic heterocycles. The van der Waals surface area contributed by atoms with Gasteiger partial charge >= 0.3 is 0 Å². The number of aryl methyl sites for hydroxylation is 1. The number of hydrogen-bond acceptors (Lipinski definition) is 1. The van der Waals surface area contributed by atoms with Crippen LogP contribution in [0.1, 0.15) is 0 Å². The van der Waals surface area contributed by atoms with Gasteiger partial charge in [-0.15, -0.1) is 0 Å². The van der Waals surface area contributed by atoms with Crippen LogP contribution in [0, 0.1) is 18.2 Å². The minimum Gasteiger partial charge on any atom is -0.269 e. The predicted octanol–water partition coefficient (Wildman–Crippen LogP) is 3.57. The zero-order valence-corrected chi connectivity index (χ0v) is 9.46. The summed E-state index contributed by atoms with van der Waals surface area (Å²) in [6.07, 6.45) is 1.43. The lowest BCUT2D eigenvalue weighted by atomic mass is 10.1. The van der Waals surface area contributed by atoms with Crippen molar-refractivity contribution >= 4 is 17.3 Å². The fraction of sp³-hybridized carbons (Fsp3) is 0.0909. The summed E-state index contributed by atoms with van der Waals surface area (Å²) in [5, 5.41) is 3.49. The Hall–Kier alpha value is -1.93. The van der Waals surface area contributed by atoms with Gasteiger partial charge in [0, 0.05) is 18.8 Å². The molecule has 0 aliphatic carbocycles. The van der Waals surface area contributed by atoms with Crippen LogP contribution in [-0.2, 0) is 7.05 Å². The Morgan fingerprint density at radius 1 is 1.47 bits per heavy atom. The Morgan fingerprint density at radius 3 is 2.71 bits per heavy atom. The molecule has 0 radical (unpaired) electrons.